The van der Waals surface area contributed by atoms with Gasteiger partial charge in [0.05, 0.1) is 43.1 Å². The van der Waals surface area contributed by atoms with E-state index in [2.05, 4.69) is 20.8 Å². The van der Waals surface area contributed by atoms with Crippen molar-refractivity contribution in [2.75, 3.05) is 39.6 Å². The second kappa shape index (κ2) is 27.4. The molecule has 1 aromatic rings. The molecule has 1 aromatic carbocycles. The van der Waals surface area contributed by atoms with Crippen molar-refractivity contribution in [3.05, 3.63) is 34.9 Å². The summed E-state index contributed by atoms with van der Waals surface area (Å²) in [6, 6.07) is 3.25. The number of carboxylic acids is 2. The summed E-state index contributed by atoms with van der Waals surface area (Å²) in [5.74, 6) is -4.97. The molecule has 0 radical (unpaired) electrons. The third-order valence-electron chi connectivity index (χ3n) is 7.92. The average Bonchev–Trinajstić information content (AvgIpc) is 3.06. The van der Waals surface area contributed by atoms with Crippen LogP contribution in [0.15, 0.2) is 18.2 Å². The van der Waals surface area contributed by atoms with Crippen LogP contribution in [-0.4, -0.2) is 73.7 Å². The maximum Gasteiger partial charge on any atom is 0.339 e. The van der Waals surface area contributed by atoms with Crippen LogP contribution in [-0.2, 0) is 23.7 Å². The van der Waals surface area contributed by atoms with Crippen LogP contribution in [0.1, 0.15) is 167 Å². The number of benzene rings is 1. The molecule has 0 fully saturated rings. The molecule has 10 heteroatoms. The van der Waals surface area contributed by atoms with E-state index in [1.807, 2.05) is 0 Å². The summed E-state index contributed by atoms with van der Waals surface area (Å²) in [7, 11) is 0. The molecule has 0 saturated carbocycles. The maximum absolute atomic E-state index is 12.7. The Bertz CT molecular complexity index is 934. The van der Waals surface area contributed by atoms with E-state index in [-0.39, 0.29) is 30.9 Å². The minimum atomic E-state index is -1.42. The van der Waals surface area contributed by atoms with Gasteiger partial charge < -0.3 is 33.9 Å². The van der Waals surface area contributed by atoms with Gasteiger partial charge in [0.25, 0.3) is 0 Å². The molecule has 1 rings (SSSR count). The van der Waals surface area contributed by atoms with Crippen molar-refractivity contribution >= 4 is 17.9 Å². The van der Waals surface area contributed by atoms with Crippen LogP contribution >= 0.6 is 0 Å². The van der Waals surface area contributed by atoms with E-state index in [4.69, 9.17) is 28.8 Å². The molecular formula is C37H62O10. The number of unbranched alkanes of at least 4 members (excludes halogenated alkanes) is 15. The molecule has 0 spiro atoms. The van der Waals surface area contributed by atoms with Crippen molar-refractivity contribution in [2.45, 2.75) is 142 Å². The fourth-order valence-corrected chi connectivity index (χ4v) is 5.08. The topological polar surface area (TPSA) is 138 Å². The van der Waals surface area contributed by atoms with E-state index < -0.39 is 29.4 Å². The lowest BCUT2D eigenvalue weighted by Crippen LogP contribution is -2.45. The average molecular weight is 667 g/mol. The molecule has 0 aliphatic carbocycles. The SMILES string of the molecule is CCCCCCCCOC(COCCOC(=O)c1ccc(C(=O)O)cc1C(=O)O)(OCCCCCCCC)OCCCCCCCC. The summed E-state index contributed by atoms with van der Waals surface area (Å²) in [5, 5.41) is 18.6. The van der Waals surface area contributed by atoms with Gasteiger partial charge in [0.1, 0.15) is 13.2 Å². The quantitative estimate of drug-likeness (QED) is 0.0435. The monoisotopic (exact) mass is 666 g/mol. The predicted octanol–water partition coefficient (Wildman–Crippen LogP) is 9.04. The largest absolute Gasteiger partial charge is 0.478 e. The fourth-order valence-electron chi connectivity index (χ4n) is 5.08. The van der Waals surface area contributed by atoms with Crippen LogP contribution in [0, 0.1) is 0 Å². The first-order valence-electron chi connectivity index (χ1n) is 18.1. The molecule has 0 saturated heterocycles. The smallest absolute Gasteiger partial charge is 0.339 e. The molecule has 0 bridgehead atoms. The lowest BCUT2D eigenvalue weighted by atomic mass is 10.0. The van der Waals surface area contributed by atoms with Crippen LogP contribution in [0.3, 0.4) is 0 Å². The van der Waals surface area contributed by atoms with Crippen molar-refractivity contribution in [1.29, 1.82) is 0 Å². The predicted molar refractivity (Wildman–Crippen MR) is 182 cm³/mol. The Morgan fingerprint density at radius 2 is 1.00 bits per heavy atom. The number of carboxylic acid groups (broad SMARTS) is 2. The molecule has 0 atom stereocenters. The Morgan fingerprint density at radius 3 is 1.43 bits per heavy atom. The fraction of sp³-hybridized carbons (Fsp3) is 0.757. The normalized spacial score (nSPS) is 11.6. The highest BCUT2D eigenvalue weighted by Crippen LogP contribution is 2.21. The zero-order chi connectivity index (χ0) is 34.6. The first-order valence-corrected chi connectivity index (χ1v) is 18.1. The molecule has 0 unspecified atom stereocenters. The first kappa shape index (κ1) is 42.5. The minimum Gasteiger partial charge on any atom is -0.478 e. The summed E-state index contributed by atoms with van der Waals surface area (Å²) < 4.78 is 30.1. The van der Waals surface area contributed by atoms with Gasteiger partial charge in [-0.25, -0.2) is 14.4 Å². The number of esters is 1. The number of carbonyl (C=O) groups is 3. The van der Waals surface area contributed by atoms with Gasteiger partial charge in [0.15, 0.2) is 0 Å². The van der Waals surface area contributed by atoms with Crippen molar-refractivity contribution in [1.82, 2.24) is 0 Å². The lowest BCUT2D eigenvalue weighted by molar-refractivity contribution is -0.395. The second-order valence-electron chi connectivity index (χ2n) is 12.1. The minimum absolute atomic E-state index is 0.00420. The van der Waals surface area contributed by atoms with Crippen molar-refractivity contribution < 1.29 is 48.3 Å². The number of aromatic carboxylic acids is 2. The molecule has 0 aromatic heterocycles. The standard InChI is InChI=1S/C37H62O10/c1-4-7-10-13-16-19-24-45-37(46-25-20-17-14-11-8-5-2,47-26-21-18-15-12-9-6-3)30-43-27-28-44-36(42)32-23-22-31(34(38)39)29-33(32)35(40)41/h22-23,29H,4-21,24-28,30H2,1-3H3,(H,38,39)(H,40,41). The van der Waals surface area contributed by atoms with E-state index in [9.17, 15) is 19.5 Å². The van der Waals surface area contributed by atoms with E-state index in [1.165, 1.54) is 63.9 Å². The Morgan fingerprint density at radius 1 is 0.553 bits per heavy atom. The third-order valence-corrected chi connectivity index (χ3v) is 7.92. The molecule has 2 N–H and O–H groups in total. The van der Waals surface area contributed by atoms with Crippen molar-refractivity contribution in [2.24, 2.45) is 0 Å². The molecule has 270 valence electrons. The zero-order valence-corrected chi connectivity index (χ0v) is 29.4. The Hall–Kier alpha value is -2.53. The van der Waals surface area contributed by atoms with E-state index in [1.54, 1.807) is 0 Å². The summed E-state index contributed by atoms with van der Waals surface area (Å²) in [6.45, 7) is 7.86. The maximum atomic E-state index is 12.7. The highest BCUT2D eigenvalue weighted by Gasteiger charge is 2.34. The van der Waals surface area contributed by atoms with Crippen LogP contribution < -0.4 is 0 Å². The van der Waals surface area contributed by atoms with Crippen LogP contribution in [0.2, 0.25) is 0 Å². The molecule has 0 heterocycles. The lowest BCUT2D eigenvalue weighted by Gasteiger charge is -2.33. The van der Waals surface area contributed by atoms with Crippen LogP contribution in [0.4, 0.5) is 0 Å². The highest BCUT2D eigenvalue weighted by molar-refractivity contribution is 6.04. The van der Waals surface area contributed by atoms with Gasteiger partial charge in [-0.15, -0.1) is 0 Å². The van der Waals surface area contributed by atoms with Crippen LogP contribution in [0.25, 0.3) is 0 Å². The third kappa shape index (κ3) is 19.8. The number of hydrogen-bond acceptors (Lipinski definition) is 8. The molecule has 0 amide bonds. The molecule has 10 nitrogen and oxygen atoms in total. The summed E-state index contributed by atoms with van der Waals surface area (Å²) in [4.78, 5) is 35.5. The Labute approximate surface area is 282 Å². The summed E-state index contributed by atoms with van der Waals surface area (Å²) in [6.07, 6.45) is 20.2. The van der Waals surface area contributed by atoms with Gasteiger partial charge in [-0.05, 0) is 37.5 Å². The van der Waals surface area contributed by atoms with Gasteiger partial charge in [-0.2, -0.15) is 0 Å². The van der Waals surface area contributed by atoms with Crippen LogP contribution in [0.5, 0.6) is 0 Å². The Kier molecular flexibility index (Phi) is 24.8. The molecule has 0 aliphatic rings. The number of ether oxygens (including phenoxy) is 5. The van der Waals surface area contributed by atoms with Gasteiger partial charge in [0.2, 0.25) is 0 Å². The van der Waals surface area contributed by atoms with Crippen molar-refractivity contribution in [3.8, 4) is 0 Å². The zero-order valence-electron chi connectivity index (χ0n) is 29.4. The van der Waals surface area contributed by atoms with Gasteiger partial charge in [-0.3, -0.25) is 0 Å². The molecular weight excluding hydrogens is 604 g/mol. The number of hydrogen-bond donors (Lipinski definition) is 2. The highest BCUT2D eigenvalue weighted by atomic mass is 16.9. The number of rotatable bonds is 32. The van der Waals surface area contributed by atoms with Gasteiger partial charge in [0, 0.05) is 0 Å². The van der Waals surface area contributed by atoms with Gasteiger partial charge >= 0.3 is 23.9 Å². The summed E-state index contributed by atoms with van der Waals surface area (Å²) in [5.41, 5.74) is -0.908. The van der Waals surface area contributed by atoms with E-state index >= 15 is 0 Å². The summed E-state index contributed by atoms with van der Waals surface area (Å²) >= 11 is 0. The van der Waals surface area contributed by atoms with Crippen molar-refractivity contribution in [3.63, 3.8) is 0 Å². The molecule has 0 aliphatic heterocycles. The van der Waals surface area contributed by atoms with E-state index in [0.717, 1.165) is 69.9 Å². The molecule has 47 heavy (non-hydrogen) atoms. The first-order chi connectivity index (χ1) is 22.8. The van der Waals surface area contributed by atoms with E-state index in [0.29, 0.717) is 19.8 Å². The van der Waals surface area contributed by atoms with Gasteiger partial charge in [-0.1, -0.05) is 117 Å². The number of carbonyl (C=O) groups excluding carboxylic acids is 1. The second-order valence-corrected chi connectivity index (χ2v) is 12.1. The Balaban J connectivity index is 2.83.